The minimum absolute atomic E-state index is 0.0496. The number of aromatic nitrogens is 4. The fraction of sp³-hybridized carbons (Fsp3) is 0.400. The predicted molar refractivity (Wildman–Crippen MR) is 187 cm³/mol. The number of piperidine rings is 1. The smallest absolute Gasteiger partial charge is 0.291 e. The number of amides is 2. The van der Waals surface area contributed by atoms with E-state index in [9.17, 15) is 9.59 Å². The maximum atomic E-state index is 15.1. The molecule has 1 unspecified atom stereocenters. The van der Waals surface area contributed by atoms with Crippen LogP contribution < -0.4 is 31.5 Å². The number of para-hydroxylation sites is 1. The summed E-state index contributed by atoms with van der Waals surface area (Å²) in [5, 5.41) is 8.94. The van der Waals surface area contributed by atoms with E-state index in [1.54, 1.807) is 32.4 Å². The van der Waals surface area contributed by atoms with Gasteiger partial charge >= 0.3 is 0 Å². The summed E-state index contributed by atoms with van der Waals surface area (Å²) in [7, 11) is 3.32. The van der Waals surface area contributed by atoms with Crippen molar-refractivity contribution in [1.82, 2.24) is 25.3 Å². The molecular weight excluding hydrogens is 627 g/mol. The molecule has 258 valence electrons. The number of H-pyrrole nitrogens is 1. The molecule has 0 spiro atoms. The first-order valence-corrected chi connectivity index (χ1v) is 16.6. The summed E-state index contributed by atoms with van der Waals surface area (Å²) in [4.78, 5) is 47.6. The van der Waals surface area contributed by atoms with Crippen LogP contribution in [0.5, 0.6) is 0 Å². The number of methoxy groups -OCH3 is 1. The zero-order valence-electron chi connectivity index (χ0n) is 27.8. The fourth-order valence-electron chi connectivity index (χ4n) is 6.60. The molecule has 2 saturated heterocycles. The minimum Gasteiger partial charge on any atom is -0.383 e. The van der Waals surface area contributed by atoms with Gasteiger partial charge in [-0.25, -0.2) is 14.4 Å². The van der Waals surface area contributed by atoms with Gasteiger partial charge in [-0.15, -0.1) is 0 Å². The summed E-state index contributed by atoms with van der Waals surface area (Å²) in [5.41, 5.74) is 7.84. The van der Waals surface area contributed by atoms with Crippen molar-refractivity contribution in [3.8, 4) is 11.4 Å². The first-order chi connectivity index (χ1) is 23.8. The van der Waals surface area contributed by atoms with Crippen LogP contribution in [0.3, 0.4) is 0 Å². The lowest BCUT2D eigenvalue weighted by atomic mass is 9.87. The number of aromatic amines is 1. The molecule has 0 aliphatic carbocycles. The van der Waals surface area contributed by atoms with E-state index < -0.39 is 17.1 Å². The third kappa shape index (κ3) is 7.50. The van der Waals surface area contributed by atoms with Gasteiger partial charge in [0.1, 0.15) is 11.6 Å². The molecule has 4 heterocycles. The molecule has 13 nitrogen and oxygen atoms in total. The summed E-state index contributed by atoms with van der Waals surface area (Å²) in [6.07, 6.45) is 3.83. The predicted octanol–water partition coefficient (Wildman–Crippen LogP) is 3.63. The number of hydrogen-bond donors (Lipinski definition) is 5. The Morgan fingerprint density at radius 2 is 1.88 bits per heavy atom. The average Bonchev–Trinajstić information content (AvgIpc) is 3.81. The highest BCUT2D eigenvalue weighted by molar-refractivity contribution is 6.04. The van der Waals surface area contributed by atoms with Gasteiger partial charge in [0.25, 0.3) is 5.91 Å². The Bertz CT molecular complexity index is 1760. The molecule has 14 heteroatoms. The molecule has 1 atom stereocenters. The van der Waals surface area contributed by atoms with Crippen LogP contribution in [0.2, 0.25) is 0 Å². The molecule has 6 N–H and O–H groups in total. The van der Waals surface area contributed by atoms with Crippen LogP contribution >= 0.6 is 0 Å². The SMILES string of the molecule is CNc1nc(-c2cnc(C(=O)Nc3cccc(F)c3N3CCC(CN)CC3)[nH]2)cc(N2CCC(COC)(C(=O)NCc3ccccc3)C2)n1. The standard InChI is InChI=1S/C35H43FN10O3/c1-38-34-43-27(17-29(44-34)46-16-13-35(21-46,22-49-2)33(48)40-19-24-7-4-3-5-8-24)28-20-39-31(41-28)32(47)42-26-10-6-9-25(36)30(26)45-14-11-23(18-37)12-15-45/h3-10,17,20,23H,11-16,18-19,21-22,37H2,1-2H3,(H,39,41)(H,40,48)(H,42,47)(H,38,43,44). The number of benzene rings is 2. The van der Waals surface area contributed by atoms with Crippen molar-refractivity contribution in [1.29, 1.82) is 0 Å². The molecule has 2 aliphatic rings. The Morgan fingerprint density at radius 1 is 1.08 bits per heavy atom. The van der Waals surface area contributed by atoms with Crippen LogP contribution in [-0.4, -0.2) is 85.2 Å². The summed E-state index contributed by atoms with van der Waals surface area (Å²) in [5.74, 6) is 0.463. The Hall–Kier alpha value is -5.08. The van der Waals surface area contributed by atoms with Gasteiger partial charge in [0, 0.05) is 52.9 Å². The Balaban J connectivity index is 1.18. The lowest BCUT2D eigenvalue weighted by Crippen LogP contribution is -2.45. The molecule has 2 amide bonds. The van der Waals surface area contributed by atoms with E-state index in [4.69, 9.17) is 10.5 Å². The molecule has 2 aromatic heterocycles. The Kier molecular flexibility index (Phi) is 10.3. The van der Waals surface area contributed by atoms with Crippen molar-refractivity contribution >= 4 is 35.0 Å². The second-order valence-corrected chi connectivity index (χ2v) is 12.6. The van der Waals surface area contributed by atoms with Gasteiger partial charge in [-0.3, -0.25) is 9.59 Å². The van der Waals surface area contributed by atoms with Gasteiger partial charge in [-0.1, -0.05) is 36.4 Å². The Morgan fingerprint density at radius 3 is 2.61 bits per heavy atom. The summed E-state index contributed by atoms with van der Waals surface area (Å²) < 4.78 is 20.6. The molecule has 2 fully saturated rings. The molecule has 0 bridgehead atoms. The van der Waals surface area contributed by atoms with Crippen molar-refractivity contribution in [2.45, 2.75) is 25.8 Å². The van der Waals surface area contributed by atoms with Gasteiger partial charge in [-0.2, -0.15) is 4.98 Å². The minimum atomic E-state index is -0.760. The zero-order valence-corrected chi connectivity index (χ0v) is 27.8. The van der Waals surface area contributed by atoms with Crippen LogP contribution in [-0.2, 0) is 16.1 Å². The summed E-state index contributed by atoms with van der Waals surface area (Å²) >= 11 is 0. The first kappa shape index (κ1) is 33.8. The maximum absolute atomic E-state index is 15.1. The number of imidazole rings is 1. The van der Waals surface area contributed by atoms with E-state index in [0.717, 1.165) is 18.4 Å². The second kappa shape index (κ2) is 15.0. The van der Waals surface area contributed by atoms with Gasteiger partial charge < -0.3 is 41.2 Å². The van der Waals surface area contributed by atoms with E-state index >= 15 is 4.39 Å². The molecular formula is C35H43FN10O3. The first-order valence-electron chi connectivity index (χ1n) is 16.6. The molecule has 49 heavy (non-hydrogen) atoms. The maximum Gasteiger partial charge on any atom is 0.291 e. The summed E-state index contributed by atoms with van der Waals surface area (Å²) in [6, 6.07) is 16.2. The molecule has 4 aromatic rings. The third-order valence-electron chi connectivity index (χ3n) is 9.38. The van der Waals surface area contributed by atoms with Crippen LogP contribution in [0.1, 0.15) is 35.4 Å². The number of rotatable bonds is 12. The number of nitrogens with zero attached hydrogens (tertiary/aromatic N) is 5. The third-order valence-corrected chi connectivity index (χ3v) is 9.38. The van der Waals surface area contributed by atoms with Gasteiger partial charge in [0.05, 0.1) is 41.0 Å². The van der Waals surface area contributed by atoms with E-state index in [2.05, 4.69) is 35.9 Å². The van der Waals surface area contributed by atoms with Gasteiger partial charge in [0.15, 0.2) is 5.82 Å². The number of anilines is 4. The van der Waals surface area contributed by atoms with Crippen LogP contribution in [0.15, 0.2) is 60.8 Å². The lowest BCUT2D eigenvalue weighted by molar-refractivity contribution is -0.133. The topological polar surface area (TPSA) is 166 Å². The van der Waals surface area contributed by atoms with Crippen LogP contribution in [0, 0.1) is 17.2 Å². The van der Waals surface area contributed by atoms with Gasteiger partial charge in [-0.05, 0) is 49.4 Å². The number of ether oxygens (including phenoxy) is 1. The highest BCUT2D eigenvalue weighted by Gasteiger charge is 2.45. The zero-order chi connectivity index (χ0) is 34.4. The second-order valence-electron chi connectivity index (χ2n) is 12.6. The molecule has 2 aliphatic heterocycles. The van der Waals surface area contributed by atoms with Crippen LogP contribution in [0.4, 0.5) is 27.5 Å². The van der Waals surface area contributed by atoms with Gasteiger partial charge in [0.2, 0.25) is 11.9 Å². The number of carbonyl (C=O) groups is 2. The highest BCUT2D eigenvalue weighted by Crippen LogP contribution is 2.36. The fourth-order valence-corrected chi connectivity index (χ4v) is 6.60. The molecule has 2 aromatic carbocycles. The van der Waals surface area contributed by atoms with Crippen molar-refractivity contribution in [2.75, 3.05) is 73.9 Å². The average molecular weight is 671 g/mol. The Labute approximate surface area is 284 Å². The monoisotopic (exact) mass is 670 g/mol. The van der Waals surface area contributed by atoms with Crippen molar-refractivity contribution in [2.24, 2.45) is 17.1 Å². The summed E-state index contributed by atoms with van der Waals surface area (Å²) in [6.45, 7) is 3.59. The lowest BCUT2D eigenvalue weighted by Gasteiger charge is -2.34. The van der Waals surface area contributed by atoms with E-state index in [0.29, 0.717) is 86.1 Å². The molecule has 0 radical (unpaired) electrons. The molecule has 0 saturated carbocycles. The number of nitrogens with two attached hydrogens (primary N) is 1. The normalized spacial score (nSPS) is 18.0. The van der Waals surface area contributed by atoms with Crippen molar-refractivity contribution in [3.63, 3.8) is 0 Å². The molecule has 6 rings (SSSR count). The van der Waals surface area contributed by atoms with E-state index in [1.807, 2.05) is 40.1 Å². The number of carbonyl (C=O) groups excluding carboxylic acids is 2. The van der Waals surface area contributed by atoms with Crippen molar-refractivity contribution in [3.05, 3.63) is 78.0 Å². The largest absolute Gasteiger partial charge is 0.383 e. The number of nitrogens with one attached hydrogen (secondary N) is 4. The van der Waals surface area contributed by atoms with Crippen LogP contribution in [0.25, 0.3) is 11.4 Å². The van der Waals surface area contributed by atoms with E-state index in [1.165, 1.54) is 12.3 Å². The number of halogens is 1. The highest BCUT2D eigenvalue weighted by atomic mass is 19.1. The van der Waals surface area contributed by atoms with Crippen molar-refractivity contribution < 1.29 is 18.7 Å². The van der Waals surface area contributed by atoms with E-state index in [-0.39, 0.29) is 18.3 Å². The number of hydrogen-bond acceptors (Lipinski definition) is 10. The quantitative estimate of drug-likeness (QED) is 0.150.